The summed E-state index contributed by atoms with van der Waals surface area (Å²) in [6.45, 7) is 1.82. The van der Waals surface area contributed by atoms with Gasteiger partial charge in [0.2, 0.25) is 10.0 Å². The van der Waals surface area contributed by atoms with Crippen molar-refractivity contribution in [1.29, 1.82) is 0 Å². The van der Waals surface area contributed by atoms with Crippen LogP contribution in [0, 0.1) is 10.1 Å². The minimum atomic E-state index is -3.65. The Bertz CT molecular complexity index is 628. The predicted molar refractivity (Wildman–Crippen MR) is 70.4 cm³/mol. The summed E-state index contributed by atoms with van der Waals surface area (Å²) in [5, 5.41) is 10.8. The summed E-state index contributed by atoms with van der Waals surface area (Å²) < 4.78 is 29.4. The van der Waals surface area contributed by atoms with Crippen molar-refractivity contribution in [2.45, 2.75) is 30.2 Å². The zero-order valence-corrected chi connectivity index (χ0v) is 12.2. The van der Waals surface area contributed by atoms with E-state index in [1.807, 2.05) is 6.92 Å². The average Bonchev–Trinajstić information content (AvgIpc) is 3.04. The minimum absolute atomic E-state index is 0.0103. The van der Waals surface area contributed by atoms with Gasteiger partial charge in [0.05, 0.1) is 15.5 Å². The van der Waals surface area contributed by atoms with Crippen LogP contribution >= 0.6 is 0 Å². The summed E-state index contributed by atoms with van der Waals surface area (Å²) in [6, 6.07) is 3.66. The Kier molecular flexibility index (Phi) is 3.57. The van der Waals surface area contributed by atoms with E-state index in [0.29, 0.717) is 0 Å². The van der Waals surface area contributed by atoms with Crippen molar-refractivity contribution in [2.75, 3.05) is 4.30 Å². The maximum Gasteiger partial charge on any atom is 0.305 e. The van der Waals surface area contributed by atoms with Gasteiger partial charge in [0.1, 0.15) is 0 Å². The standard InChI is InChI=1S/C10H12N3O4S.Al/c1-10(4-5-10)12-18(16,17)7-2-3-9(13(14)15)8(11)6-7;/h2-3,6,11-12H,4-5H2,1H3;/q-1;+1. The third-order valence-corrected chi connectivity index (χ3v) is 4.96. The lowest BCUT2D eigenvalue weighted by molar-refractivity contribution is -0.383. The Morgan fingerprint density at radius 1 is 1.42 bits per heavy atom. The second-order valence-corrected chi connectivity index (χ2v) is 6.72. The van der Waals surface area contributed by atoms with Crippen molar-refractivity contribution < 1.29 is 13.3 Å². The second-order valence-electron chi connectivity index (χ2n) is 4.75. The number of hydrogen-bond acceptors (Lipinski definition) is 5. The summed E-state index contributed by atoms with van der Waals surface area (Å²) in [6.07, 6.45) is 1.60. The van der Waals surface area contributed by atoms with Gasteiger partial charge in [-0.1, -0.05) is 0 Å². The van der Waals surface area contributed by atoms with E-state index in [1.54, 1.807) is 0 Å². The normalized spacial score (nSPS) is 16.9. The zero-order chi connectivity index (χ0) is 14.3. The molecular weight excluding hydrogens is 285 g/mol. The molecule has 0 heterocycles. The summed E-state index contributed by atoms with van der Waals surface area (Å²) in [4.78, 5) is 10.2. The zero-order valence-electron chi connectivity index (χ0n) is 10.2. The molecule has 0 amide bonds. The molecule has 0 bridgehead atoms. The molecule has 2 N–H and O–H groups in total. The number of rotatable bonds is 5. The van der Waals surface area contributed by atoms with Crippen LogP contribution < -0.4 is 9.02 Å². The van der Waals surface area contributed by atoms with Crippen LogP contribution in [0.25, 0.3) is 0 Å². The van der Waals surface area contributed by atoms with Crippen LogP contribution in [0.2, 0.25) is 0 Å². The molecule has 2 radical (unpaired) electrons. The number of sulfonamides is 1. The van der Waals surface area contributed by atoms with Crippen molar-refractivity contribution in [1.82, 2.24) is 4.72 Å². The van der Waals surface area contributed by atoms with E-state index in [9.17, 15) is 18.5 Å². The van der Waals surface area contributed by atoms with Gasteiger partial charge in [-0.3, -0.25) is 10.1 Å². The largest absolute Gasteiger partial charge is 0.486 e. The molecule has 100 valence electrons. The van der Waals surface area contributed by atoms with Gasteiger partial charge in [0, 0.05) is 11.6 Å². The van der Waals surface area contributed by atoms with E-state index in [-0.39, 0.29) is 21.8 Å². The first-order chi connectivity index (χ1) is 8.77. The highest BCUT2D eigenvalue weighted by molar-refractivity contribution is 7.89. The second kappa shape index (κ2) is 4.76. The van der Waals surface area contributed by atoms with E-state index < -0.39 is 14.9 Å². The van der Waals surface area contributed by atoms with Crippen LogP contribution in [-0.2, 0) is 10.0 Å². The molecule has 1 fully saturated rings. The molecule has 2 rings (SSSR count). The van der Waals surface area contributed by atoms with E-state index in [0.717, 1.165) is 12.8 Å². The molecule has 0 saturated heterocycles. The summed E-state index contributed by atoms with van der Waals surface area (Å²) in [7, 11) is -3.65. The van der Waals surface area contributed by atoms with Gasteiger partial charge in [-0.25, -0.2) is 13.1 Å². The van der Waals surface area contributed by atoms with E-state index in [2.05, 4.69) is 25.5 Å². The van der Waals surface area contributed by atoms with Gasteiger partial charge in [0.15, 0.2) is 0 Å². The number of anilines is 1. The molecule has 1 aliphatic rings. The maximum atomic E-state index is 12.1. The van der Waals surface area contributed by atoms with E-state index >= 15 is 0 Å². The lowest BCUT2D eigenvalue weighted by Crippen LogP contribution is -2.34. The lowest BCUT2D eigenvalue weighted by atomic mass is 10.3. The maximum absolute atomic E-state index is 12.1. The molecule has 1 saturated carbocycles. The highest BCUT2D eigenvalue weighted by Crippen LogP contribution is 2.36. The van der Waals surface area contributed by atoms with E-state index in [1.165, 1.54) is 18.2 Å². The number of nitro groups is 1. The Morgan fingerprint density at radius 2 is 2.05 bits per heavy atom. The van der Waals surface area contributed by atoms with Crippen LogP contribution in [-0.4, -0.2) is 35.4 Å². The van der Waals surface area contributed by atoms with Crippen molar-refractivity contribution in [3.8, 4) is 0 Å². The Morgan fingerprint density at radius 3 is 2.53 bits per heavy atom. The Hall–Kier alpha value is -1.14. The van der Waals surface area contributed by atoms with Crippen molar-refractivity contribution in [3.63, 3.8) is 0 Å². The summed E-state index contributed by atoms with van der Waals surface area (Å²) >= 11 is 2.12. The molecule has 0 spiro atoms. The highest BCUT2D eigenvalue weighted by Gasteiger charge is 2.41. The molecule has 1 aromatic carbocycles. The van der Waals surface area contributed by atoms with Crippen LogP contribution in [0.4, 0.5) is 11.4 Å². The molecule has 0 aliphatic heterocycles. The predicted octanol–water partition coefficient (Wildman–Crippen LogP) is 0.921. The smallest absolute Gasteiger partial charge is 0.305 e. The molecule has 0 atom stereocenters. The van der Waals surface area contributed by atoms with Crippen LogP contribution in [0.5, 0.6) is 0 Å². The summed E-state index contributed by atoms with van der Waals surface area (Å²) in [5.74, 6) is 0. The van der Waals surface area contributed by atoms with Crippen LogP contribution in [0.3, 0.4) is 0 Å². The average molecular weight is 297 g/mol. The molecule has 0 aromatic heterocycles. The molecular formula is C10H12AlN3O4S. The molecule has 19 heavy (non-hydrogen) atoms. The van der Waals surface area contributed by atoms with E-state index in [4.69, 9.17) is 0 Å². The first kappa shape index (κ1) is 14.3. The molecule has 9 heteroatoms. The fraction of sp³-hybridized carbons (Fsp3) is 0.400. The van der Waals surface area contributed by atoms with Crippen molar-refractivity contribution in [2.24, 2.45) is 0 Å². The van der Waals surface area contributed by atoms with Gasteiger partial charge >= 0.3 is 16.5 Å². The monoisotopic (exact) mass is 297 g/mol. The lowest BCUT2D eigenvalue weighted by Gasteiger charge is -2.13. The quantitative estimate of drug-likeness (QED) is 0.478. The fourth-order valence-corrected chi connectivity index (χ4v) is 3.35. The molecule has 7 nitrogen and oxygen atoms in total. The Labute approximate surface area is 119 Å². The molecule has 1 aromatic rings. The van der Waals surface area contributed by atoms with Gasteiger partial charge in [-0.2, -0.15) is 0 Å². The topological polar surface area (TPSA) is 101 Å². The Balaban J connectivity index is 2.38. The number of hydrogen-bond donors (Lipinski definition) is 2. The fourth-order valence-electron chi connectivity index (χ4n) is 1.63. The van der Waals surface area contributed by atoms with Crippen LogP contribution in [0.15, 0.2) is 23.1 Å². The number of benzene rings is 1. The SMILES string of the molecule is CC1(NS(=O)(=O)c2ccc([N+](=O)[O-])c([NH][Al])c2)CC1. The van der Waals surface area contributed by atoms with Gasteiger partial charge in [0.25, 0.3) is 5.69 Å². The van der Waals surface area contributed by atoms with Crippen LogP contribution in [0.1, 0.15) is 19.8 Å². The molecule has 1 aliphatic carbocycles. The van der Waals surface area contributed by atoms with Gasteiger partial charge < -0.3 is 4.30 Å². The van der Waals surface area contributed by atoms with Gasteiger partial charge in [-0.05, 0) is 31.9 Å². The molecule has 0 unspecified atom stereocenters. The van der Waals surface area contributed by atoms with Gasteiger partial charge in [-0.15, -0.1) is 0 Å². The summed E-state index contributed by atoms with van der Waals surface area (Å²) in [5.41, 5.74) is -0.416. The third-order valence-electron chi connectivity index (χ3n) is 3.01. The number of nitrogens with zero attached hydrogens (tertiary/aromatic N) is 1. The van der Waals surface area contributed by atoms with Crippen molar-refractivity contribution >= 4 is 37.9 Å². The first-order valence-corrected chi connectivity index (χ1v) is 7.62. The number of nitrogens with one attached hydrogen (secondary N) is 2. The van der Waals surface area contributed by atoms with Crippen molar-refractivity contribution in [3.05, 3.63) is 28.3 Å². The third kappa shape index (κ3) is 3.06. The minimum Gasteiger partial charge on any atom is -0.486 e. The number of nitro benzene ring substituents is 1. The highest BCUT2D eigenvalue weighted by atomic mass is 32.2. The first-order valence-electron chi connectivity index (χ1n) is 5.56.